The van der Waals surface area contributed by atoms with Gasteiger partial charge in [-0.25, -0.2) is 0 Å². The molecule has 0 amide bonds. The van der Waals surface area contributed by atoms with Gasteiger partial charge in [-0.05, 0) is 44.4 Å². The molecule has 0 aromatic heterocycles. The molecular weight excluding hydrogens is 214 g/mol. The molecule has 1 fully saturated rings. The lowest BCUT2D eigenvalue weighted by Crippen LogP contribution is -2.46. The average Bonchev–Trinajstić information content (AvgIpc) is 2.28. The second-order valence-corrected chi connectivity index (χ2v) is 5.29. The van der Waals surface area contributed by atoms with Crippen LogP contribution in [0.4, 0.5) is 5.69 Å². The van der Waals surface area contributed by atoms with Gasteiger partial charge in [0.05, 0.1) is 11.7 Å². The Labute approximate surface area is 103 Å². The van der Waals surface area contributed by atoms with E-state index in [9.17, 15) is 10.2 Å². The number of β-amino-alcohol motifs (C(OH)–C–C–N with tert-alkyl or cyclic N) is 1. The van der Waals surface area contributed by atoms with Crippen molar-refractivity contribution < 1.29 is 10.2 Å². The zero-order chi connectivity index (χ0) is 12.5. The molecule has 0 aliphatic carbocycles. The third-order valence-corrected chi connectivity index (χ3v) is 3.42. The number of hydrogen-bond acceptors (Lipinski definition) is 3. The molecule has 2 atom stereocenters. The first-order valence-corrected chi connectivity index (χ1v) is 6.23. The summed E-state index contributed by atoms with van der Waals surface area (Å²) in [7, 11) is 0. The van der Waals surface area contributed by atoms with Crippen LogP contribution >= 0.6 is 0 Å². The Balaban J connectivity index is 2.12. The van der Waals surface area contributed by atoms with E-state index in [-0.39, 0.29) is 0 Å². The lowest BCUT2D eigenvalue weighted by atomic mass is 9.94. The van der Waals surface area contributed by atoms with Crippen LogP contribution in [0.3, 0.4) is 0 Å². The molecule has 0 saturated carbocycles. The number of aliphatic hydroxyl groups is 2. The average molecular weight is 235 g/mol. The van der Waals surface area contributed by atoms with Crippen molar-refractivity contribution in [1.29, 1.82) is 0 Å². The fourth-order valence-corrected chi connectivity index (χ4v) is 2.40. The van der Waals surface area contributed by atoms with Crippen LogP contribution in [0.25, 0.3) is 0 Å². The Bertz CT molecular complexity index is 370. The van der Waals surface area contributed by atoms with Gasteiger partial charge in [0.1, 0.15) is 0 Å². The molecule has 1 unspecified atom stereocenters. The van der Waals surface area contributed by atoms with Crippen molar-refractivity contribution in [2.45, 2.75) is 38.4 Å². The molecule has 1 aliphatic heterocycles. The van der Waals surface area contributed by atoms with Crippen LogP contribution in [0.15, 0.2) is 24.3 Å². The third kappa shape index (κ3) is 2.99. The molecule has 1 aromatic carbocycles. The van der Waals surface area contributed by atoms with Crippen molar-refractivity contribution in [1.82, 2.24) is 0 Å². The highest BCUT2D eigenvalue weighted by Crippen LogP contribution is 2.26. The molecule has 1 aromatic rings. The molecule has 0 spiro atoms. The van der Waals surface area contributed by atoms with Gasteiger partial charge in [-0.15, -0.1) is 0 Å². The summed E-state index contributed by atoms with van der Waals surface area (Å²) in [6, 6.07) is 7.93. The van der Waals surface area contributed by atoms with E-state index in [1.807, 2.05) is 31.2 Å². The second kappa shape index (κ2) is 4.67. The van der Waals surface area contributed by atoms with Crippen molar-refractivity contribution >= 4 is 5.69 Å². The summed E-state index contributed by atoms with van der Waals surface area (Å²) in [4.78, 5) is 2.20. The molecule has 0 radical (unpaired) electrons. The monoisotopic (exact) mass is 235 g/mol. The summed E-state index contributed by atoms with van der Waals surface area (Å²) in [5.41, 5.74) is 1.47. The number of aliphatic hydroxyl groups excluding tert-OH is 1. The zero-order valence-electron chi connectivity index (χ0n) is 10.6. The normalized spacial score (nSPS) is 26.9. The first-order chi connectivity index (χ1) is 7.98. The van der Waals surface area contributed by atoms with Crippen LogP contribution in [-0.2, 0) is 0 Å². The van der Waals surface area contributed by atoms with Gasteiger partial charge in [0.25, 0.3) is 0 Å². The first kappa shape index (κ1) is 12.4. The van der Waals surface area contributed by atoms with Gasteiger partial charge in [-0.3, -0.25) is 0 Å². The second-order valence-electron chi connectivity index (χ2n) is 5.29. The van der Waals surface area contributed by atoms with E-state index >= 15 is 0 Å². The van der Waals surface area contributed by atoms with E-state index in [2.05, 4.69) is 4.90 Å². The highest BCUT2D eigenvalue weighted by atomic mass is 16.3. The molecule has 17 heavy (non-hydrogen) atoms. The smallest absolute Gasteiger partial charge is 0.0794 e. The molecular formula is C14H21NO2. The van der Waals surface area contributed by atoms with Crippen LogP contribution in [-0.4, -0.2) is 28.9 Å². The highest BCUT2D eigenvalue weighted by molar-refractivity contribution is 5.48. The number of nitrogens with zero attached hydrogens (tertiary/aromatic N) is 1. The van der Waals surface area contributed by atoms with Crippen molar-refractivity contribution in [3.05, 3.63) is 29.8 Å². The minimum Gasteiger partial charge on any atom is -0.389 e. The van der Waals surface area contributed by atoms with Gasteiger partial charge in [-0.1, -0.05) is 12.1 Å². The van der Waals surface area contributed by atoms with Crippen LogP contribution in [0.5, 0.6) is 0 Å². The number of piperidine rings is 1. The van der Waals surface area contributed by atoms with E-state index in [4.69, 9.17) is 0 Å². The lowest BCUT2D eigenvalue weighted by Gasteiger charge is -2.38. The van der Waals surface area contributed by atoms with Gasteiger partial charge < -0.3 is 15.1 Å². The van der Waals surface area contributed by atoms with E-state index in [0.717, 1.165) is 30.6 Å². The number of hydrogen-bond donors (Lipinski definition) is 2. The molecule has 1 aliphatic rings. The molecule has 0 bridgehead atoms. The van der Waals surface area contributed by atoms with Crippen LogP contribution in [0.1, 0.15) is 38.4 Å². The van der Waals surface area contributed by atoms with Gasteiger partial charge >= 0.3 is 0 Å². The van der Waals surface area contributed by atoms with Crippen molar-refractivity contribution in [2.75, 3.05) is 18.0 Å². The molecule has 1 saturated heterocycles. The van der Waals surface area contributed by atoms with E-state index in [0.29, 0.717) is 6.54 Å². The largest absolute Gasteiger partial charge is 0.389 e. The SMILES string of the molecule is C[C@@H](O)c1ccc(N2CCCC(C)(O)C2)cc1. The maximum absolute atomic E-state index is 10.1. The Morgan fingerprint density at radius 3 is 2.47 bits per heavy atom. The quantitative estimate of drug-likeness (QED) is 0.825. The molecule has 3 nitrogen and oxygen atoms in total. The van der Waals surface area contributed by atoms with Gasteiger partial charge in [0, 0.05) is 18.8 Å². The van der Waals surface area contributed by atoms with Crippen molar-refractivity contribution in [3.8, 4) is 0 Å². The molecule has 1 heterocycles. The number of benzene rings is 1. The summed E-state index contributed by atoms with van der Waals surface area (Å²) in [6.07, 6.45) is 1.47. The molecule has 3 heteroatoms. The summed E-state index contributed by atoms with van der Waals surface area (Å²) < 4.78 is 0. The Morgan fingerprint density at radius 2 is 1.94 bits per heavy atom. The predicted molar refractivity (Wildman–Crippen MR) is 69.1 cm³/mol. The van der Waals surface area contributed by atoms with Crippen LogP contribution in [0.2, 0.25) is 0 Å². The predicted octanol–water partition coefficient (Wildman–Crippen LogP) is 2.09. The highest BCUT2D eigenvalue weighted by Gasteiger charge is 2.28. The Morgan fingerprint density at radius 1 is 1.29 bits per heavy atom. The lowest BCUT2D eigenvalue weighted by molar-refractivity contribution is 0.0449. The van der Waals surface area contributed by atoms with E-state index in [1.54, 1.807) is 6.92 Å². The fraction of sp³-hybridized carbons (Fsp3) is 0.571. The Kier molecular flexibility index (Phi) is 3.40. The topological polar surface area (TPSA) is 43.7 Å². The molecule has 2 rings (SSSR count). The van der Waals surface area contributed by atoms with E-state index < -0.39 is 11.7 Å². The number of anilines is 1. The fourth-order valence-electron chi connectivity index (χ4n) is 2.40. The van der Waals surface area contributed by atoms with Crippen molar-refractivity contribution in [2.24, 2.45) is 0 Å². The van der Waals surface area contributed by atoms with Gasteiger partial charge in [-0.2, -0.15) is 0 Å². The summed E-state index contributed by atoms with van der Waals surface area (Å²) >= 11 is 0. The van der Waals surface area contributed by atoms with Gasteiger partial charge in [0.15, 0.2) is 0 Å². The summed E-state index contributed by atoms with van der Waals surface area (Å²) in [5.74, 6) is 0. The molecule has 94 valence electrons. The molecule has 2 N–H and O–H groups in total. The maximum atomic E-state index is 10.1. The maximum Gasteiger partial charge on any atom is 0.0794 e. The van der Waals surface area contributed by atoms with E-state index in [1.165, 1.54) is 0 Å². The van der Waals surface area contributed by atoms with Crippen LogP contribution < -0.4 is 4.90 Å². The minimum atomic E-state index is -0.582. The summed E-state index contributed by atoms with van der Waals surface area (Å²) in [5, 5.41) is 19.5. The zero-order valence-corrected chi connectivity index (χ0v) is 10.6. The number of rotatable bonds is 2. The van der Waals surface area contributed by atoms with Gasteiger partial charge in [0.2, 0.25) is 0 Å². The first-order valence-electron chi connectivity index (χ1n) is 6.23. The van der Waals surface area contributed by atoms with Crippen molar-refractivity contribution in [3.63, 3.8) is 0 Å². The summed E-state index contributed by atoms with van der Waals surface area (Å²) in [6.45, 7) is 5.33. The Hall–Kier alpha value is -1.06. The third-order valence-electron chi connectivity index (χ3n) is 3.42. The van der Waals surface area contributed by atoms with Crippen LogP contribution in [0, 0.1) is 0 Å². The minimum absolute atomic E-state index is 0.423. The standard InChI is InChI=1S/C14H21NO2/c1-11(16)12-4-6-13(7-5-12)15-9-3-8-14(2,17)10-15/h4-7,11,16-17H,3,8-10H2,1-2H3/t11-,14?/m1/s1.